The van der Waals surface area contributed by atoms with E-state index in [0.29, 0.717) is 4.90 Å². The molecule has 0 aromatic carbocycles. The predicted octanol–water partition coefficient (Wildman–Crippen LogP) is 0.565. The quantitative estimate of drug-likeness (QED) is 0.575. The van der Waals surface area contributed by atoms with E-state index in [2.05, 4.69) is 0 Å². The van der Waals surface area contributed by atoms with E-state index in [-0.39, 0.29) is 0 Å². The third-order valence-electron chi connectivity index (χ3n) is 1.62. The highest BCUT2D eigenvalue weighted by molar-refractivity contribution is 6.13. The normalized spacial score (nSPS) is 19.5. The fraction of sp³-hybridized carbons (Fsp3) is 0.429. The summed E-state index contributed by atoms with van der Waals surface area (Å²) in [7, 11) is 0. The topological polar surface area (TPSA) is 37.4 Å². The van der Waals surface area contributed by atoms with Gasteiger partial charge < -0.3 is 0 Å². The van der Waals surface area contributed by atoms with E-state index in [1.165, 1.54) is 0 Å². The second-order valence-corrected chi connectivity index (χ2v) is 2.45. The highest BCUT2D eigenvalue weighted by atomic mass is 19.3. The highest BCUT2D eigenvalue weighted by Gasteiger charge is 2.33. The van der Waals surface area contributed by atoms with Gasteiger partial charge in [-0.3, -0.25) is 14.5 Å². The summed E-state index contributed by atoms with van der Waals surface area (Å²) in [5.74, 6) is -1.35. The van der Waals surface area contributed by atoms with Crippen LogP contribution in [-0.4, -0.2) is 29.2 Å². The van der Waals surface area contributed by atoms with Crippen molar-refractivity contribution in [1.29, 1.82) is 0 Å². The van der Waals surface area contributed by atoms with E-state index < -0.39 is 24.3 Å². The van der Waals surface area contributed by atoms with Gasteiger partial charge in [0, 0.05) is 12.2 Å². The lowest BCUT2D eigenvalue weighted by Gasteiger charge is -2.20. The van der Waals surface area contributed by atoms with Gasteiger partial charge in [0.25, 0.3) is 18.2 Å². The van der Waals surface area contributed by atoms with Gasteiger partial charge >= 0.3 is 0 Å². The molecule has 1 rings (SSSR count). The molecule has 1 atom stereocenters. The van der Waals surface area contributed by atoms with Crippen LogP contribution in [0.4, 0.5) is 8.78 Å². The van der Waals surface area contributed by atoms with E-state index in [0.717, 1.165) is 19.1 Å². The average molecular weight is 175 g/mol. The summed E-state index contributed by atoms with van der Waals surface area (Å²) in [6.45, 7) is 1.13. The van der Waals surface area contributed by atoms with Crippen molar-refractivity contribution in [2.24, 2.45) is 0 Å². The van der Waals surface area contributed by atoms with Crippen LogP contribution in [0.5, 0.6) is 0 Å². The molecule has 0 aliphatic carbocycles. The number of alkyl halides is 2. The lowest BCUT2D eigenvalue weighted by Crippen LogP contribution is -2.42. The van der Waals surface area contributed by atoms with Crippen molar-refractivity contribution in [3.63, 3.8) is 0 Å². The maximum atomic E-state index is 12.1. The highest BCUT2D eigenvalue weighted by Crippen LogP contribution is 2.14. The SMILES string of the molecule is CC(C(F)F)N1C(=O)C=CC1=O. The Labute approximate surface area is 67.6 Å². The van der Waals surface area contributed by atoms with Crippen molar-refractivity contribution in [3.05, 3.63) is 12.2 Å². The lowest BCUT2D eigenvalue weighted by atomic mass is 10.3. The second-order valence-electron chi connectivity index (χ2n) is 2.45. The van der Waals surface area contributed by atoms with Crippen molar-refractivity contribution < 1.29 is 18.4 Å². The van der Waals surface area contributed by atoms with Crippen LogP contribution in [0.15, 0.2) is 12.2 Å². The number of hydrogen-bond donors (Lipinski definition) is 0. The van der Waals surface area contributed by atoms with Crippen LogP contribution in [0, 0.1) is 0 Å². The Hall–Kier alpha value is -1.26. The Morgan fingerprint density at radius 1 is 1.25 bits per heavy atom. The van der Waals surface area contributed by atoms with E-state index >= 15 is 0 Å². The van der Waals surface area contributed by atoms with Crippen molar-refractivity contribution >= 4 is 11.8 Å². The van der Waals surface area contributed by atoms with Gasteiger partial charge in [0.05, 0.1) is 6.04 Å². The molecule has 0 saturated carbocycles. The van der Waals surface area contributed by atoms with Gasteiger partial charge in [-0.05, 0) is 6.92 Å². The van der Waals surface area contributed by atoms with Crippen molar-refractivity contribution in [2.75, 3.05) is 0 Å². The van der Waals surface area contributed by atoms with Crippen LogP contribution in [0.2, 0.25) is 0 Å². The summed E-state index contributed by atoms with van der Waals surface area (Å²) in [4.78, 5) is 22.2. The Morgan fingerprint density at radius 3 is 2.00 bits per heavy atom. The number of carbonyl (C=O) groups is 2. The number of amides is 2. The smallest absolute Gasteiger partial charge is 0.258 e. The second kappa shape index (κ2) is 3.00. The largest absolute Gasteiger partial charge is 0.269 e. The van der Waals surface area contributed by atoms with Crippen molar-refractivity contribution in [2.45, 2.75) is 19.4 Å². The van der Waals surface area contributed by atoms with Crippen LogP contribution in [0.3, 0.4) is 0 Å². The molecule has 1 aliphatic heterocycles. The molecule has 0 aromatic heterocycles. The van der Waals surface area contributed by atoms with Gasteiger partial charge in [-0.25, -0.2) is 8.78 Å². The maximum Gasteiger partial charge on any atom is 0.258 e. The van der Waals surface area contributed by atoms with Crippen molar-refractivity contribution in [1.82, 2.24) is 4.90 Å². The van der Waals surface area contributed by atoms with Gasteiger partial charge in [-0.15, -0.1) is 0 Å². The van der Waals surface area contributed by atoms with Gasteiger partial charge in [-0.1, -0.05) is 0 Å². The Bertz CT molecular complexity index is 232. The summed E-state index contributed by atoms with van der Waals surface area (Å²) < 4.78 is 24.1. The van der Waals surface area contributed by atoms with Crippen LogP contribution < -0.4 is 0 Å². The fourth-order valence-electron chi connectivity index (χ4n) is 0.926. The number of carbonyl (C=O) groups excluding carboxylic acids is 2. The third kappa shape index (κ3) is 1.34. The first-order chi connectivity index (χ1) is 5.54. The minimum absolute atomic E-state index is 0.546. The summed E-state index contributed by atoms with van der Waals surface area (Å²) >= 11 is 0. The Morgan fingerprint density at radius 2 is 1.67 bits per heavy atom. The summed E-state index contributed by atoms with van der Waals surface area (Å²) in [5.41, 5.74) is 0. The van der Waals surface area contributed by atoms with Gasteiger partial charge in [-0.2, -0.15) is 0 Å². The van der Waals surface area contributed by atoms with E-state index in [9.17, 15) is 18.4 Å². The molecule has 0 spiro atoms. The molecule has 0 aromatic rings. The van der Waals surface area contributed by atoms with E-state index in [1.807, 2.05) is 0 Å². The maximum absolute atomic E-state index is 12.1. The monoisotopic (exact) mass is 175 g/mol. The molecule has 2 amide bonds. The first-order valence-electron chi connectivity index (χ1n) is 3.37. The molecule has 66 valence electrons. The molecule has 0 N–H and O–H groups in total. The number of hydrogen-bond acceptors (Lipinski definition) is 2. The molecular formula is C7H7F2NO2. The zero-order valence-corrected chi connectivity index (χ0v) is 6.33. The standard InChI is InChI=1S/C7H7F2NO2/c1-4(7(8)9)10-5(11)2-3-6(10)12/h2-4,7H,1H3. The van der Waals surface area contributed by atoms with Crippen LogP contribution in [0.25, 0.3) is 0 Å². The third-order valence-corrected chi connectivity index (χ3v) is 1.62. The number of nitrogens with zero attached hydrogens (tertiary/aromatic N) is 1. The minimum atomic E-state index is -2.70. The Kier molecular flexibility index (Phi) is 2.21. The summed E-state index contributed by atoms with van der Waals surface area (Å²) in [6, 6.07) is -1.35. The zero-order valence-electron chi connectivity index (χ0n) is 6.33. The summed E-state index contributed by atoms with van der Waals surface area (Å²) in [6.07, 6.45) is -0.722. The molecule has 1 heterocycles. The predicted molar refractivity (Wildman–Crippen MR) is 36.5 cm³/mol. The average Bonchev–Trinajstić information content (AvgIpc) is 2.30. The first kappa shape index (κ1) is 8.83. The molecule has 0 bridgehead atoms. The fourth-order valence-corrected chi connectivity index (χ4v) is 0.926. The molecule has 1 unspecified atom stereocenters. The molecule has 0 radical (unpaired) electrons. The van der Waals surface area contributed by atoms with Crippen LogP contribution in [-0.2, 0) is 9.59 Å². The van der Waals surface area contributed by atoms with Gasteiger partial charge in [0.1, 0.15) is 0 Å². The molecule has 12 heavy (non-hydrogen) atoms. The molecule has 0 saturated heterocycles. The zero-order chi connectivity index (χ0) is 9.30. The first-order valence-corrected chi connectivity index (χ1v) is 3.37. The van der Waals surface area contributed by atoms with Crippen LogP contribution in [0.1, 0.15) is 6.92 Å². The number of imide groups is 1. The Balaban J connectivity index is 2.76. The molecule has 5 heteroatoms. The van der Waals surface area contributed by atoms with Gasteiger partial charge in [0.15, 0.2) is 0 Å². The minimum Gasteiger partial charge on any atom is -0.269 e. The van der Waals surface area contributed by atoms with Crippen LogP contribution >= 0.6 is 0 Å². The molecule has 1 aliphatic rings. The number of rotatable bonds is 2. The van der Waals surface area contributed by atoms with Crippen molar-refractivity contribution in [3.8, 4) is 0 Å². The van der Waals surface area contributed by atoms with E-state index in [1.54, 1.807) is 0 Å². The summed E-state index contributed by atoms with van der Waals surface area (Å²) in [5, 5.41) is 0. The molecular weight excluding hydrogens is 168 g/mol. The molecule has 3 nitrogen and oxygen atoms in total. The molecule has 0 fully saturated rings. The van der Waals surface area contributed by atoms with Gasteiger partial charge in [0.2, 0.25) is 0 Å². The number of halogens is 2. The lowest BCUT2D eigenvalue weighted by molar-refractivity contribution is -0.142. The van der Waals surface area contributed by atoms with E-state index in [4.69, 9.17) is 0 Å².